The number of carbonyl (C=O) groups is 1. The summed E-state index contributed by atoms with van der Waals surface area (Å²) in [6, 6.07) is 3.75. The Bertz CT molecular complexity index is 568. The van der Waals surface area contributed by atoms with E-state index in [1.807, 2.05) is 56.8 Å². The molecular weight excluding hydrogens is 252 g/mol. The van der Waals surface area contributed by atoms with E-state index in [2.05, 4.69) is 15.3 Å². The van der Waals surface area contributed by atoms with Crippen molar-refractivity contribution in [2.45, 2.75) is 45.7 Å². The van der Waals surface area contributed by atoms with Crippen molar-refractivity contribution < 1.29 is 4.79 Å². The van der Waals surface area contributed by atoms with Gasteiger partial charge in [-0.15, -0.1) is 0 Å². The minimum atomic E-state index is -0.626. The molecule has 20 heavy (non-hydrogen) atoms. The third kappa shape index (κ3) is 2.76. The molecule has 2 aromatic rings. The lowest BCUT2D eigenvalue weighted by Crippen LogP contribution is -2.45. The van der Waals surface area contributed by atoms with Crippen molar-refractivity contribution in [2.75, 3.05) is 0 Å². The number of H-pyrrole nitrogens is 1. The van der Waals surface area contributed by atoms with Gasteiger partial charge in [-0.1, -0.05) is 6.92 Å². The molecule has 0 saturated carbocycles. The maximum absolute atomic E-state index is 12.5. The van der Waals surface area contributed by atoms with E-state index in [1.165, 1.54) is 0 Å². The molecule has 0 aromatic carbocycles. The molecule has 0 spiro atoms. The Morgan fingerprint density at radius 2 is 2.10 bits per heavy atom. The van der Waals surface area contributed by atoms with Crippen molar-refractivity contribution in [3.8, 4) is 0 Å². The summed E-state index contributed by atoms with van der Waals surface area (Å²) in [5.74, 6) is 0.788. The van der Waals surface area contributed by atoms with Gasteiger partial charge in [0.2, 0.25) is 5.91 Å². The molecule has 2 aromatic heterocycles. The van der Waals surface area contributed by atoms with Crippen molar-refractivity contribution in [1.29, 1.82) is 0 Å². The van der Waals surface area contributed by atoms with E-state index in [9.17, 15) is 4.79 Å². The zero-order valence-electron chi connectivity index (χ0n) is 12.5. The minimum absolute atomic E-state index is 0.0189. The number of nitrogens with zero attached hydrogens (tertiary/aromatic N) is 2. The number of aryl methyl sites for hydroxylation is 1. The Labute approximate surface area is 119 Å². The molecule has 1 atom stereocenters. The number of amides is 1. The molecule has 1 amide bonds. The average Bonchev–Trinajstić information content (AvgIpc) is 3.06. The highest BCUT2D eigenvalue weighted by molar-refractivity contribution is 5.84. The molecule has 0 aliphatic heterocycles. The standard InChI is InChI=1S/C15H22N4O/c1-5-12(13-16-10-11(2)17-13)18-14(20)15(3,4)19-8-6-7-9-19/h6-10,12H,5H2,1-4H3,(H,16,17)(H,18,20)/t12-/m1/s1. The maximum Gasteiger partial charge on any atom is 0.246 e. The van der Waals surface area contributed by atoms with Gasteiger partial charge in [0.25, 0.3) is 0 Å². The third-order valence-corrected chi connectivity index (χ3v) is 3.57. The first kappa shape index (κ1) is 14.4. The minimum Gasteiger partial charge on any atom is -0.344 e. The highest BCUT2D eigenvalue weighted by atomic mass is 16.2. The summed E-state index contributed by atoms with van der Waals surface area (Å²) in [5.41, 5.74) is 0.371. The Morgan fingerprint density at radius 1 is 1.45 bits per heavy atom. The van der Waals surface area contributed by atoms with Gasteiger partial charge in [0.1, 0.15) is 11.4 Å². The molecule has 0 fully saturated rings. The molecule has 108 valence electrons. The number of nitrogens with one attached hydrogen (secondary N) is 2. The van der Waals surface area contributed by atoms with Crippen LogP contribution in [0.5, 0.6) is 0 Å². The lowest BCUT2D eigenvalue weighted by Gasteiger charge is -2.28. The van der Waals surface area contributed by atoms with Gasteiger partial charge in [-0.05, 0) is 39.3 Å². The summed E-state index contributed by atoms with van der Waals surface area (Å²) in [4.78, 5) is 20.0. The van der Waals surface area contributed by atoms with Crippen molar-refractivity contribution in [1.82, 2.24) is 19.9 Å². The van der Waals surface area contributed by atoms with Crippen LogP contribution < -0.4 is 5.32 Å². The van der Waals surface area contributed by atoms with Crippen LogP contribution in [0.25, 0.3) is 0 Å². The summed E-state index contributed by atoms with van der Waals surface area (Å²) >= 11 is 0. The molecular formula is C15H22N4O. The van der Waals surface area contributed by atoms with E-state index in [0.29, 0.717) is 0 Å². The topological polar surface area (TPSA) is 62.7 Å². The second-order valence-electron chi connectivity index (χ2n) is 5.54. The first-order valence-electron chi connectivity index (χ1n) is 6.91. The van der Waals surface area contributed by atoms with Crippen molar-refractivity contribution in [3.05, 3.63) is 42.2 Å². The molecule has 0 aliphatic rings. The van der Waals surface area contributed by atoms with E-state index in [4.69, 9.17) is 0 Å². The van der Waals surface area contributed by atoms with Gasteiger partial charge in [-0.2, -0.15) is 0 Å². The SMILES string of the molecule is CC[C@@H](NC(=O)C(C)(C)n1cccc1)c1ncc(C)[nH]1. The van der Waals surface area contributed by atoms with E-state index >= 15 is 0 Å². The van der Waals surface area contributed by atoms with Gasteiger partial charge >= 0.3 is 0 Å². The quantitative estimate of drug-likeness (QED) is 0.880. The fourth-order valence-corrected chi connectivity index (χ4v) is 2.13. The third-order valence-electron chi connectivity index (χ3n) is 3.57. The number of carbonyl (C=O) groups excluding carboxylic acids is 1. The maximum atomic E-state index is 12.5. The zero-order chi connectivity index (χ0) is 14.8. The van der Waals surface area contributed by atoms with Gasteiger partial charge in [-0.25, -0.2) is 4.98 Å². The van der Waals surface area contributed by atoms with Gasteiger partial charge in [-0.3, -0.25) is 4.79 Å². The van der Waals surface area contributed by atoms with E-state index in [0.717, 1.165) is 17.9 Å². The molecule has 5 heteroatoms. The smallest absolute Gasteiger partial charge is 0.246 e. The van der Waals surface area contributed by atoms with Gasteiger partial charge in [0, 0.05) is 24.3 Å². The number of hydrogen-bond donors (Lipinski definition) is 2. The van der Waals surface area contributed by atoms with Crippen LogP contribution in [0.4, 0.5) is 0 Å². The largest absolute Gasteiger partial charge is 0.344 e. The van der Waals surface area contributed by atoms with Crippen LogP contribution in [0.2, 0.25) is 0 Å². The van der Waals surface area contributed by atoms with Gasteiger partial charge < -0.3 is 14.9 Å². The summed E-state index contributed by atoms with van der Waals surface area (Å²) in [5, 5.41) is 3.07. The number of rotatable bonds is 5. The predicted octanol–water partition coefficient (Wildman–Crippen LogP) is 2.52. The van der Waals surface area contributed by atoms with Gasteiger partial charge in [0.05, 0.1) is 6.04 Å². The molecule has 0 saturated heterocycles. The van der Waals surface area contributed by atoms with Crippen LogP contribution in [0.3, 0.4) is 0 Å². The normalized spacial score (nSPS) is 13.2. The van der Waals surface area contributed by atoms with Crippen molar-refractivity contribution in [3.63, 3.8) is 0 Å². The summed E-state index contributed by atoms with van der Waals surface area (Å²) in [6.07, 6.45) is 6.37. The van der Waals surface area contributed by atoms with Crippen LogP contribution in [-0.4, -0.2) is 20.4 Å². The summed E-state index contributed by atoms with van der Waals surface area (Å²) < 4.78 is 1.91. The fraction of sp³-hybridized carbons (Fsp3) is 0.467. The first-order valence-corrected chi connectivity index (χ1v) is 6.91. The lowest BCUT2D eigenvalue weighted by molar-refractivity contribution is -0.129. The second kappa shape index (κ2) is 5.53. The van der Waals surface area contributed by atoms with Crippen molar-refractivity contribution in [2.24, 2.45) is 0 Å². The monoisotopic (exact) mass is 274 g/mol. The predicted molar refractivity (Wildman–Crippen MR) is 78.3 cm³/mol. The molecule has 0 aliphatic carbocycles. The molecule has 2 heterocycles. The molecule has 2 rings (SSSR count). The zero-order valence-corrected chi connectivity index (χ0v) is 12.5. The van der Waals surface area contributed by atoms with Crippen LogP contribution in [0, 0.1) is 6.92 Å². The van der Waals surface area contributed by atoms with E-state index in [1.54, 1.807) is 6.20 Å². The van der Waals surface area contributed by atoms with Crippen LogP contribution in [-0.2, 0) is 10.3 Å². The fourth-order valence-electron chi connectivity index (χ4n) is 2.13. The highest BCUT2D eigenvalue weighted by Gasteiger charge is 2.30. The number of aromatic nitrogens is 3. The molecule has 0 radical (unpaired) electrons. The Morgan fingerprint density at radius 3 is 2.60 bits per heavy atom. The van der Waals surface area contributed by atoms with E-state index in [-0.39, 0.29) is 11.9 Å². The molecule has 0 unspecified atom stereocenters. The number of aromatic amines is 1. The second-order valence-corrected chi connectivity index (χ2v) is 5.54. The van der Waals surface area contributed by atoms with Gasteiger partial charge in [0.15, 0.2) is 0 Å². The Hall–Kier alpha value is -2.04. The Kier molecular flexibility index (Phi) is 3.97. The summed E-state index contributed by atoms with van der Waals surface area (Å²) in [6.45, 7) is 7.80. The molecule has 0 bridgehead atoms. The number of hydrogen-bond acceptors (Lipinski definition) is 2. The lowest BCUT2D eigenvalue weighted by atomic mass is 10.0. The van der Waals surface area contributed by atoms with E-state index < -0.39 is 5.54 Å². The summed E-state index contributed by atoms with van der Waals surface area (Å²) in [7, 11) is 0. The van der Waals surface area contributed by atoms with Crippen LogP contribution in [0.15, 0.2) is 30.7 Å². The molecule has 5 nitrogen and oxygen atoms in total. The Balaban J connectivity index is 2.13. The van der Waals surface area contributed by atoms with Crippen molar-refractivity contribution >= 4 is 5.91 Å². The van der Waals surface area contributed by atoms with Crippen LogP contribution in [0.1, 0.15) is 44.8 Å². The molecule has 2 N–H and O–H groups in total. The average molecular weight is 274 g/mol. The first-order chi connectivity index (χ1) is 9.45. The van der Waals surface area contributed by atoms with Crippen LogP contribution >= 0.6 is 0 Å². The highest BCUT2D eigenvalue weighted by Crippen LogP contribution is 2.19. The number of imidazole rings is 1.